The van der Waals surface area contributed by atoms with Crippen molar-refractivity contribution < 1.29 is 5.11 Å². The quantitative estimate of drug-likeness (QED) is 0.560. The molecule has 0 aliphatic carbocycles. The summed E-state index contributed by atoms with van der Waals surface area (Å²) in [5, 5.41) is 9.34. The van der Waals surface area contributed by atoms with Crippen molar-refractivity contribution in [2.24, 2.45) is 0 Å². The molecule has 1 rings (SSSR count). The Bertz CT molecular complexity index is 214. The number of anilines is 1. The first-order chi connectivity index (χ1) is 4.61. The number of nitrogen functional groups attached to an aromatic ring is 1. The predicted molar refractivity (Wildman–Crippen MR) is 50.2 cm³/mol. The van der Waals surface area contributed by atoms with Gasteiger partial charge in [0.05, 0.1) is 5.02 Å². The Morgan fingerprint density at radius 1 is 1.50 bits per heavy atom. The van der Waals surface area contributed by atoms with Gasteiger partial charge in [-0.2, -0.15) is 0 Å². The molecular formula is C6H5ClINO. The van der Waals surface area contributed by atoms with Crippen molar-refractivity contribution in [3.05, 3.63) is 20.7 Å². The first-order valence-corrected chi connectivity index (χ1v) is 4.00. The largest absolute Gasteiger partial charge is 0.506 e. The molecular weight excluding hydrogens is 264 g/mol. The monoisotopic (exact) mass is 269 g/mol. The molecule has 0 aliphatic rings. The van der Waals surface area contributed by atoms with Crippen LogP contribution in [0, 0.1) is 3.57 Å². The molecule has 0 atom stereocenters. The second kappa shape index (κ2) is 2.84. The maximum atomic E-state index is 9.01. The van der Waals surface area contributed by atoms with Crippen LogP contribution in [0.2, 0.25) is 5.02 Å². The van der Waals surface area contributed by atoms with Crippen molar-refractivity contribution in [1.29, 1.82) is 0 Å². The fourth-order valence-corrected chi connectivity index (χ4v) is 1.37. The van der Waals surface area contributed by atoms with Crippen LogP contribution in [0.25, 0.3) is 0 Å². The van der Waals surface area contributed by atoms with Gasteiger partial charge in [-0.05, 0) is 28.7 Å². The van der Waals surface area contributed by atoms with Gasteiger partial charge in [0.25, 0.3) is 0 Å². The van der Waals surface area contributed by atoms with E-state index in [2.05, 4.69) is 0 Å². The van der Waals surface area contributed by atoms with Gasteiger partial charge in [-0.25, -0.2) is 0 Å². The van der Waals surface area contributed by atoms with Crippen molar-refractivity contribution in [2.45, 2.75) is 0 Å². The molecule has 0 saturated carbocycles. The third kappa shape index (κ3) is 1.46. The van der Waals surface area contributed by atoms with Crippen LogP contribution in [0.1, 0.15) is 0 Å². The van der Waals surface area contributed by atoms with E-state index in [9.17, 15) is 0 Å². The first kappa shape index (κ1) is 7.94. The molecule has 0 unspecified atom stereocenters. The number of hydrogen-bond acceptors (Lipinski definition) is 2. The van der Waals surface area contributed by atoms with Gasteiger partial charge in [-0.3, -0.25) is 0 Å². The number of hydrogen-bond donors (Lipinski definition) is 2. The predicted octanol–water partition coefficient (Wildman–Crippen LogP) is 2.23. The van der Waals surface area contributed by atoms with Gasteiger partial charge < -0.3 is 10.8 Å². The Kier molecular flexibility index (Phi) is 2.25. The average Bonchev–Trinajstić information content (AvgIpc) is 1.84. The fraction of sp³-hybridized carbons (Fsp3) is 0. The molecule has 0 aromatic heterocycles. The molecule has 3 N–H and O–H groups in total. The summed E-state index contributed by atoms with van der Waals surface area (Å²) >= 11 is 7.62. The molecule has 4 heteroatoms. The van der Waals surface area contributed by atoms with Crippen LogP contribution in [0.3, 0.4) is 0 Å². The lowest BCUT2D eigenvalue weighted by Gasteiger charge is -1.99. The topological polar surface area (TPSA) is 46.2 Å². The molecule has 0 spiro atoms. The zero-order chi connectivity index (χ0) is 7.72. The van der Waals surface area contributed by atoms with Gasteiger partial charge in [-0.15, -0.1) is 0 Å². The summed E-state index contributed by atoms with van der Waals surface area (Å²) in [6.07, 6.45) is 0. The highest BCUT2D eigenvalue weighted by Gasteiger charge is 2.01. The van der Waals surface area contributed by atoms with Gasteiger partial charge in [0, 0.05) is 15.3 Å². The Labute approximate surface area is 77.1 Å². The van der Waals surface area contributed by atoms with Crippen molar-refractivity contribution in [2.75, 3.05) is 5.73 Å². The van der Waals surface area contributed by atoms with Crippen LogP contribution in [-0.4, -0.2) is 5.11 Å². The molecule has 10 heavy (non-hydrogen) atoms. The van der Waals surface area contributed by atoms with E-state index in [0.717, 1.165) is 3.57 Å². The second-order valence-electron chi connectivity index (χ2n) is 1.83. The van der Waals surface area contributed by atoms with Crippen molar-refractivity contribution in [3.63, 3.8) is 0 Å². The SMILES string of the molecule is Nc1cc(O)c(Cl)cc1I. The average molecular weight is 269 g/mol. The Morgan fingerprint density at radius 2 is 2.10 bits per heavy atom. The van der Waals surface area contributed by atoms with Gasteiger partial charge in [0.1, 0.15) is 5.75 Å². The Hall–Kier alpha value is -0.160. The number of rotatable bonds is 0. The number of phenols is 1. The van der Waals surface area contributed by atoms with Gasteiger partial charge in [-0.1, -0.05) is 11.6 Å². The summed E-state index contributed by atoms with van der Waals surface area (Å²) in [6, 6.07) is 3.05. The summed E-state index contributed by atoms with van der Waals surface area (Å²) in [7, 11) is 0. The smallest absolute Gasteiger partial charge is 0.136 e. The van der Waals surface area contributed by atoms with Crippen LogP contribution < -0.4 is 5.73 Å². The van der Waals surface area contributed by atoms with Crippen molar-refractivity contribution >= 4 is 39.9 Å². The van der Waals surface area contributed by atoms with E-state index in [4.69, 9.17) is 22.4 Å². The van der Waals surface area contributed by atoms with E-state index < -0.39 is 0 Å². The summed E-state index contributed by atoms with van der Waals surface area (Å²) in [5.41, 5.74) is 6.01. The van der Waals surface area contributed by atoms with Crippen LogP contribution >= 0.6 is 34.2 Å². The zero-order valence-corrected chi connectivity index (χ0v) is 7.85. The van der Waals surface area contributed by atoms with E-state index >= 15 is 0 Å². The van der Waals surface area contributed by atoms with E-state index in [1.165, 1.54) is 6.07 Å². The Balaban J connectivity index is 3.28. The molecule has 1 aromatic carbocycles. The first-order valence-electron chi connectivity index (χ1n) is 2.54. The highest BCUT2D eigenvalue weighted by Crippen LogP contribution is 2.28. The minimum absolute atomic E-state index is 0.0274. The number of aromatic hydroxyl groups is 1. The molecule has 0 heterocycles. The lowest BCUT2D eigenvalue weighted by molar-refractivity contribution is 0.476. The molecule has 0 fully saturated rings. The molecule has 0 amide bonds. The Morgan fingerprint density at radius 3 is 2.60 bits per heavy atom. The zero-order valence-electron chi connectivity index (χ0n) is 4.94. The van der Waals surface area contributed by atoms with Crippen molar-refractivity contribution in [1.82, 2.24) is 0 Å². The fourth-order valence-electron chi connectivity index (χ4n) is 0.554. The summed E-state index contributed by atoms with van der Waals surface area (Å²) in [5.74, 6) is 0.0274. The van der Waals surface area contributed by atoms with Crippen LogP contribution in [-0.2, 0) is 0 Å². The summed E-state index contributed by atoms with van der Waals surface area (Å²) in [6.45, 7) is 0. The third-order valence-corrected chi connectivity index (χ3v) is 2.30. The standard InChI is InChI=1S/C6H5ClINO/c7-3-1-4(8)5(9)2-6(3)10/h1-2,10H,9H2. The summed E-state index contributed by atoms with van der Waals surface area (Å²) in [4.78, 5) is 0. The second-order valence-corrected chi connectivity index (χ2v) is 3.39. The molecule has 0 saturated heterocycles. The lowest BCUT2D eigenvalue weighted by Crippen LogP contribution is -1.87. The number of halogens is 2. The molecule has 54 valence electrons. The van der Waals surface area contributed by atoms with Gasteiger partial charge >= 0.3 is 0 Å². The normalized spacial score (nSPS) is 9.80. The van der Waals surface area contributed by atoms with Gasteiger partial charge in [0.15, 0.2) is 0 Å². The number of phenolic OH excluding ortho intramolecular Hbond substituents is 1. The molecule has 0 radical (unpaired) electrons. The van der Waals surface area contributed by atoms with E-state index in [0.29, 0.717) is 10.7 Å². The lowest BCUT2D eigenvalue weighted by atomic mass is 10.3. The minimum Gasteiger partial charge on any atom is -0.506 e. The molecule has 0 aliphatic heterocycles. The number of benzene rings is 1. The molecule has 0 bridgehead atoms. The van der Waals surface area contributed by atoms with Crippen molar-refractivity contribution in [3.8, 4) is 5.75 Å². The maximum Gasteiger partial charge on any atom is 0.136 e. The summed E-state index contributed by atoms with van der Waals surface area (Å²) < 4.78 is 0.848. The minimum atomic E-state index is 0.0274. The van der Waals surface area contributed by atoms with E-state index in [1.807, 2.05) is 22.6 Å². The van der Waals surface area contributed by atoms with Gasteiger partial charge in [0.2, 0.25) is 0 Å². The van der Waals surface area contributed by atoms with E-state index in [1.54, 1.807) is 6.07 Å². The molecule has 2 nitrogen and oxygen atoms in total. The van der Waals surface area contributed by atoms with Crippen LogP contribution in [0.4, 0.5) is 5.69 Å². The molecule has 1 aromatic rings. The van der Waals surface area contributed by atoms with Crippen LogP contribution in [0.5, 0.6) is 5.75 Å². The van der Waals surface area contributed by atoms with Crippen LogP contribution in [0.15, 0.2) is 12.1 Å². The third-order valence-electron chi connectivity index (χ3n) is 1.07. The van der Waals surface area contributed by atoms with E-state index in [-0.39, 0.29) is 5.75 Å². The number of nitrogens with two attached hydrogens (primary N) is 1. The maximum absolute atomic E-state index is 9.01. The highest BCUT2D eigenvalue weighted by molar-refractivity contribution is 14.1. The highest BCUT2D eigenvalue weighted by atomic mass is 127.